The third kappa shape index (κ3) is 3.55. The quantitative estimate of drug-likeness (QED) is 0.620. The molecule has 3 aromatic rings. The van der Waals surface area contributed by atoms with Crippen LogP contribution in [0.15, 0.2) is 28.0 Å². The Balaban J connectivity index is 1.94. The van der Waals surface area contributed by atoms with E-state index >= 15 is 0 Å². The van der Waals surface area contributed by atoms with E-state index in [1.165, 1.54) is 11.8 Å². The van der Waals surface area contributed by atoms with E-state index in [4.69, 9.17) is 21.8 Å². The number of rotatable bonds is 6. The van der Waals surface area contributed by atoms with Crippen LogP contribution in [0.4, 0.5) is 10.1 Å². The summed E-state index contributed by atoms with van der Waals surface area (Å²) in [4.78, 5) is 5.56. The van der Waals surface area contributed by atoms with Crippen LogP contribution < -0.4 is 11.1 Å². The molecule has 3 aromatic heterocycles. The lowest BCUT2D eigenvalue weighted by Gasteiger charge is -2.10. The van der Waals surface area contributed by atoms with Crippen LogP contribution in [0, 0.1) is 6.92 Å². The Bertz CT molecular complexity index is 832. The van der Waals surface area contributed by atoms with Crippen LogP contribution in [0.1, 0.15) is 23.1 Å². The molecular weight excluding hydrogens is 349 g/mol. The first kappa shape index (κ1) is 17.2. The topological polar surface area (TPSA) is 64.1 Å². The molecule has 3 N–H and O–H groups in total. The molecule has 0 amide bonds. The number of furan rings is 1. The number of thiophene rings is 1. The van der Waals surface area contributed by atoms with E-state index in [0.29, 0.717) is 35.0 Å². The van der Waals surface area contributed by atoms with Crippen LogP contribution in [0.3, 0.4) is 0 Å². The van der Waals surface area contributed by atoms with Crippen LogP contribution in [-0.2, 0) is 13.0 Å². The summed E-state index contributed by atoms with van der Waals surface area (Å²) in [6, 6.07) is 5.19. The Hall–Kier alpha value is -1.63. The average Bonchev–Trinajstić information content (AvgIpc) is 3.15. The lowest BCUT2D eigenvalue weighted by atomic mass is 10.1. The maximum absolute atomic E-state index is 13.4. The second-order valence-corrected chi connectivity index (χ2v) is 7.22. The first-order valence-corrected chi connectivity index (χ1v) is 8.96. The van der Waals surface area contributed by atoms with Crippen molar-refractivity contribution in [2.45, 2.75) is 39.0 Å². The third-order valence-corrected chi connectivity index (χ3v) is 5.05. The number of nitrogens with zero attached hydrogens (tertiary/aromatic N) is 1. The highest BCUT2D eigenvalue weighted by atomic mass is 35.5. The van der Waals surface area contributed by atoms with Crippen LogP contribution >= 0.6 is 22.9 Å². The molecule has 24 heavy (non-hydrogen) atoms. The molecule has 2 atom stereocenters. The second-order valence-electron chi connectivity index (χ2n) is 5.80. The molecule has 4 nitrogen and oxygen atoms in total. The van der Waals surface area contributed by atoms with Crippen molar-refractivity contribution >= 4 is 39.7 Å². The first-order valence-electron chi connectivity index (χ1n) is 7.70. The number of alkyl halides is 1. The van der Waals surface area contributed by atoms with E-state index in [2.05, 4.69) is 16.4 Å². The van der Waals surface area contributed by atoms with Gasteiger partial charge in [0.2, 0.25) is 0 Å². The van der Waals surface area contributed by atoms with Gasteiger partial charge in [-0.25, -0.2) is 9.37 Å². The number of nitrogens with one attached hydrogen (secondary N) is 1. The van der Waals surface area contributed by atoms with Crippen LogP contribution in [0.25, 0.3) is 11.1 Å². The Labute approximate surface area is 148 Å². The van der Waals surface area contributed by atoms with Gasteiger partial charge in [-0.15, -0.1) is 11.3 Å². The van der Waals surface area contributed by atoms with Gasteiger partial charge in [-0.1, -0.05) is 17.7 Å². The Kier molecular flexibility index (Phi) is 5.08. The fourth-order valence-corrected chi connectivity index (χ4v) is 3.33. The molecule has 0 aliphatic rings. The normalized spacial score (nSPS) is 14.0. The van der Waals surface area contributed by atoms with Crippen molar-refractivity contribution in [2.24, 2.45) is 5.73 Å². The van der Waals surface area contributed by atoms with Crippen LogP contribution in [0.2, 0.25) is 5.15 Å². The predicted octanol–water partition coefficient (Wildman–Crippen LogP) is 4.69. The number of hydrogen-bond acceptors (Lipinski definition) is 5. The molecule has 128 valence electrons. The van der Waals surface area contributed by atoms with Crippen LogP contribution in [0.5, 0.6) is 0 Å². The number of fused-ring (bicyclic) bond motifs is 1. The molecule has 3 rings (SSSR count). The van der Waals surface area contributed by atoms with Gasteiger partial charge in [0.1, 0.15) is 22.6 Å². The summed E-state index contributed by atoms with van der Waals surface area (Å²) in [6.45, 7) is 4.01. The molecule has 0 spiro atoms. The molecule has 0 aliphatic carbocycles. The van der Waals surface area contributed by atoms with Gasteiger partial charge in [-0.2, -0.15) is 0 Å². The van der Waals surface area contributed by atoms with Crippen molar-refractivity contribution in [2.75, 3.05) is 5.32 Å². The molecule has 0 bridgehead atoms. The predicted molar refractivity (Wildman–Crippen MR) is 97.7 cm³/mol. The molecule has 0 radical (unpaired) electrons. The van der Waals surface area contributed by atoms with Crippen LogP contribution in [-0.4, -0.2) is 17.2 Å². The van der Waals surface area contributed by atoms with E-state index in [-0.39, 0.29) is 0 Å². The van der Waals surface area contributed by atoms with Gasteiger partial charge in [0, 0.05) is 35.5 Å². The van der Waals surface area contributed by atoms with Gasteiger partial charge in [-0.3, -0.25) is 0 Å². The number of hydrogen-bond donors (Lipinski definition) is 2. The second kappa shape index (κ2) is 7.09. The Morgan fingerprint density at radius 1 is 1.50 bits per heavy atom. The summed E-state index contributed by atoms with van der Waals surface area (Å²) >= 11 is 7.82. The lowest BCUT2D eigenvalue weighted by Crippen LogP contribution is -2.31. The number of halogens is 2. The molecule has 0 saturated carbocycles. The van der Waals surface area contributed by atoms with Gasteiger partial charge in [-0.05, 0) is 25.3 Å². The average molecular weight is 368 g/mol. The number of aryl methyl sites for hydroxylation is 1. The standard InChI is InChI=1S/C17H19ClFN3OS/c1-9-14(6-12(20)10(2)19)23-17-13(7-15(18)22-16(9)17)21-8-11-4-3-5-24-11/h3-5,7,10,12H,6,8,20H2,1-2H3,(H,21,22)/t10-,12-/m1/s1. The van der Waals surface area contributed by atoms with E-state index < -0.39 is 12.2 Å². The van der Waals surface area contributed by atoms with Crippen molar-refractivity contribution < 1.29 is 8.81 Å². The molecule has 3 heterocycles. The first-order chi connectivity index (χ1) is 11.5. The van der Waals surface area contributed by atoms with Gasteiger partial charge in [0.15, 0.2) is 5.58 Å². The van der Waals surface area contributed by atoms with Crippen molar-refractivity contribution in [1.29, 1.82) is 0 Å². The minimum atomic E-state index is -1.11. The Morgan fingerprint density at radius 2 is 2.29 bits per heavy atom. The summed E-state index contributed by atoms with van der Waals surface area (Å²) in [6.07, 6.45) is -0.785. The summed E-state index contributed by atoms with van der Waals surface area (Å²) in [5.74, 6) is 0.649. The van der Waals surface area contributed by atoms with E-state index in [1.807, 2.05) is 18.4 Å². The van der Waals surface area contributed by atoms with Crippen molar-refractivity contribution in [1.82, 2.24) is 4.98 Å². The van der Waals surface area contributed by atoms with Gasteiger partial charge in [0.05, 0.1) is 5.69 Å². The van der Waals surface area contributed by atoms with Gasteiger partial charge < -0.3 is 15.5 Å². The largest absolute Gasteiger partial charge is 0.457 e. The maximum Gasteiger partial charge on any atom is 0.176 e. The monoisotopic (exact) mass is 367 g/mol. The highest BCUT2D eigenvalue weighted by Crippen LogP contribution is 2.33. The van der Waals surface area contributed by atoms with Crippen molar-refractivity contribution in [3.63, 3.8) is 0 Å². The molecule has 0 aliphatic heterocycles. The molecule has 0 aromatic carbocycles. The summed E-state index contributed by atoms with van der Waals surface area (Å²) in [7, 11) is 0. The highest BCUT2D eigenvalue weighted by molar-refractivity contribution is 7.09. The zero-order chi connectivity index (χ0) is 17.3. The zero-order valence-electron chi connectivity index (χ0n) is 13.5. The fraction of sp³-hybridized carbons (Fsp3) is 0.353. The summed E-state index contributed by atoms with van der Waals surface area (Å²) in [5.41, 5.74) is 8.77. The van der Waals surface area contributed by atoms with E-state index in [1.54, 1.807) is 17.4 Å². The van der Waals surface area contributed by atoms with Gasteiger partial charge >= 0.3 is 0 Å². The minimum Gasteiger partial charge on any atom is -0.457 e. The molecule has 0 saturated heterocycles. The van der Waals surface area contributed by atoms with Crippen molar-refractivity contribution in [3.05, 3.63) is 44.9 Å². The van der Waals surface area contributed by atoms with Gasteiger partial charge in [0.25, 0.3) is 0 Å². The molecular formula is C17H19ClFN3OS. The summed E-state index contributed by atoms with van der Waals surface area (Å²) < 4.78 is 19.3. The number of nitrogens with two attached hydrogens (primary N) is 1. The van der Waals surface area contributed by atoms with E-state index in [9.17, 15) is 4.39 Å². The Morgan fingerprint density at radius 3 is 2.96 bits per heavy atom. The highest BCUT2D eigenvalue weighted by Gasteiger charge is 2.20. The number of anilines is 1. The van der Waals surface area contributed by atoms with E-state index in [0.717, 1.165) is 11.3 Å². The SMILES string of the molecule is Cc1c(C[C@@H](N)[C@@H](C)F)oc2c(NCc3cccs3)cc(Cl)nc12. The van der Waals surface area contributed by atoms with Crippen molar-refractivity contribution in [3.8, 4) is 0 Å². The smallest absolute Gasteiger partial charge is 0.176 e. The zero-order valence-corrected chi connectivity index (χ0v) is 15.0. The maximum atomic E-state index is 13.4. The fourth-order valence-electron chi connectivity index (χ4n) is 2.49. The summed E-state index contributed by atoms with van der Waals surface area (Å²) in [5, 5.41) is 5.75. The minimum absolute atomic E-state index is 0.321. The molecule has 0 fully saturated rings. The number of aromatic nitrogens is 1. The molecule has 0 unspecified atom stereocenters. The number of pyridine rings is 1. The third-order valence-electron chi connectivity index (χ3n) is 3.98. The lowest BCUT2D eigenvalue weighted by molar-refractivity contribution is 0.295. The molecule has 7 heteroatoms.